The van der Waals surface area contributed by atoms with Gasteiger partial charge in [0.2, 0.25) is 0 Å². The fourth-order valence-electron chi connectivity index (χ4n) is 4.86. The minimum atomic E-state index is -5.27. The number of aryl methyl sites for hydroxylation is 2. The number of fused-ring (bicyclic) bond motifs is 3. The lowest BCUT2D eigenvalue weighted by Gasteiger charge is -2.23. The summed E-state index contributed by atoms with van der Waals surface area (Å²) in [6, 6.07) is 7.58. The molecule has 0 spiro atoms. The van der Waals surface area contributed by atoms with Crippen molar-refractivity contribution in [3.8, 4) is 22.3 Å². The third kappa shape index (κ3) is 5.09. The Bertz CT molecular complexity index is 1220. The first-order valence-electron chi connectivity index (χ1n) is 11.8. The third-order valence-electron chi connectivity index (χ3n) is 6.61. The number of halogens is 7. The molecule has 0 unspecified atom stereocenters. The van der Waals surface area contributed by atoms with Gasteiger partial charge < -0.3 is 0 Å². The van der Waals surface area contributed by atoms with E-state index >= 15 is 8.78 Å². The molecule has 35 heavy (non-hydrogen) atoms. The van der Waals surface area contributed by atoms with E-state index in [1.165, 1.54) is 19.3 Å². The van der Waals surface area contributed by atoms with E-state index in [0.717, 1.165) is 36.5 Å². The number of alkyl halides is 3. The van der Waals surface area contributed by atoms with E-state index in [1.54, 1.807) is 0 Å². The van der Waals surface area contributed by atoms with Gasteiger partial charge >= 0.3 is 6.18 Å². The lowest BCUT2D eigenvalue weighted by atomic mass is 9.82. The Hall–Kier alpha value is -2.83. The quantitative estimate of drug-likeness (QED) is 0.227. The first kappa shape index (κ1) is 25.3. The fraction of sp³-hybridized carbons (Fsp3) is 0.357. The molecule has 0 aliphatic heterocycles. The topological polar surface area (TPSA) is 0 Å². The second-order valence-electron chi connectivity index (χ2n) is 9.04. The number of hydrogen-bond donors (Lipinski definition) is 0. The molecular formula is C28H25F7. The van der Waals surface area contributed by atoms with E-state index in [9.17, 15) is 22.0 Å². The van der Waals surface area contributed by atoms with Crippen molar-refractivity contribution in [1.29, 1.82) is 0 Å². The highest BCUT2D eigenvalue weighted by Crippen LogP contribution is 2.42. The van der Waals surface area contributed by atoms with Crippen molar-refractivity contribution < 1.29 is 30.7 Å². The molecule has 1 aliphatic carbocycles. The van der Waals surface area contributed by atoms with E-state index in [0.29, 0.717) is 29.7 Å². The molecule has 0 bridgehead atoms. The molecule has 0 aromatic heterocycles. The molecule has 7 heteroatoms. The van der Waals surface area contributed by atoms with Crippen molar-refractivity contribution >= 4 is 0 Å². The highest BCUT2D eigenvalue weighted by atomic mass is 19.4. The Balaban J connectivity index is 1.67. The van der Waals surface area contributed by atoms with Crippen LogP contribution in [0.2, 0.25) is 0 Å². The van der Waals surface area contributed by atoms with Gasteiger partial charge in [0, 0.05) is 0 Å². The van der Waals surface area contributed by atoms with E-state index in [-0.39, 0.29) is 12.0 Å². The zero-order valence-corrected chi connectivity index (χ0v) is 19.3. The molecule has 0 amide bonds. The largest absolute Gasteiger partial charge is 0.422 e. The van der Waals surface area contributed by atoms with Crippen LogP contribution in [-0.4, -0.2) is 0 Å². The number of hydrogen-bond acceptors (Lipinski definition) is 0. The van der Waals surface area contributed by atoms with Gasteiger partial charge in [-0.15, -0.1) is 0 Å². The Morgan fingerprint density at radius 2 is 1.43 bits per heavy atom. The summed E-state index contributed by atoms with van der Waals surface area (Å²) in [7, 11) is 0. The van der Waals surface area contributed by atoms with Crippen molar-refractivity contribution in [1.82, 2.24) is 0 Å². The zero-order chi connectivity index (χ0) is 25.3. The van der Waals surface area contributed by atoms with E-state index in [2.05, 4.69) is 13.0 Å². The molecule has 3 aromatic carbocycles. The molecule has 0 atom stereocenters. The van der Waals surface area contributed by atoms with Crippen LogP contribution in [0.5, 0.6) is 0 Å². The molecule has 0 N–H and O–H groups in total. The first-order chi connectivity index (χ1) is 16.6. The minimum Gasteiger partial charge on any atom is -0.206 e. The van der Waals surface area contributed by atoms with Crippen molar-refractivity contribution in [2.45, 2.75) is 64.5 Å². The summed E-state index contributed by atoms with van der Waals surface area (Å²) in [6.07, 6.45) is 2.22. The summed E-state index contributed by atoms with van der Waals surface area (Å²) in [5.41, 5.74) is -0.0735. The maximum Gasteiger partial charge on any atom is 0.422 e. The summed E-state index contributed by atoms with van der Waals surface area (Å²) in [4.78, 5) is 0. The Kier molecular flexibility index (Phi) is 7.25. The van der Waals surface area contributed by atoms with Crippen LogP contribution in [0.3, 0.4) is 0 Å². The van der Waals surface area contributed by atoms with Gasteiger partial charge in [0.25, 0.3) is 0 Å². The Morgan fingerprint density at radius 1 is 0.743 bits per heavy atom. The second kappa shape index (κ2) is 10.0. The summed E-state index contributed by atoms with van der Waals surface area (Å²) in [5, 5.41) is 0. The molecule has 3 aromatic rings. The van der Waals surface area contributed by atoms with Crippen LogP contribution in [0.4, 0.5) is 30.7 Å². The molecule has 0 heterocycles. The SMILES string of the molecule is CCCCCCCc1ccc2c(c1)CCc1c-2cc(F)c(-c2cc(F)c(C(F)(F)F)c(F)c2)c1F. The van der Waals surface area contributed by atoms with Crippen molar-refractivity contribution in [3.05, 3.63) is 81.9 Å². The maximum atomic E-state index is 15.4. The Morgan fingerprint density at radius 3 is 2.09 bits per heavy atom. The number of rotatable bonds is 7. The van der Waals surface area contributed by atoms with Gasteiger partial charge in [0.1, 0.15) is 28.8 Å². The van der Waals surface area contributed by atoms with Gasteiger partial charge in [-0.3, -0.25) is 0 Å². The van der Waals surface area contributed by atoms with Crippen LogP contribution in [0.15, 0.2) is 36.4 Å². The van der Waals surface area contributed by atoms with Crippen LogP contribution in [-0.2, 0) is 25.4 Å². The molecule has 0 nitrogen and oxygen atoms in total. The van der Waals surface area contributed by atoms with Crippen LogP contribution >= 0.6 is 0 Å². The summed E-state index contributed by atoms with van der Waals surface area (Å²) >= 11 is 0. The lowest BCUT2D eigenvalue weighted by Crippen LogP contribution is -2.12. The fourth-order valence-corrected chi connectivity index (χ4v) is 4.86. The van der Waals surface area contributed by atoms with Crippen LogP contribution in [0, 0.1) is 23.3 Å². The second-order valence-corrected chi connectivity index (χ2v) is 9.04. The molecular weight excluding hydrogens is 469 g/mol. The zero-order valence-electron chi connectivity index (χ0n) is 19.3. The van der Waals surface area contributed by atoms with Crippen LogP contribution in [0.25, 0.3) is 22.3 Å². The highest BCUT2D eigenvalue weighted by Gasteiger charge is 2.38. The van der Waals surface area contributed by atoms with E-state index in [4.69, 9.17) is 0 Å². The smallest absolute Gasteiger partial charge is 0.206 e. The van der Waals surface area contributed by atoms with E-state index < -0.39 is 46.1 Å². The highest BCUT2D eigenvalue weighted by molar-refractivity contribution is 5.78. The van der Waals surface area contributed by atoms with Crippen molar-refractivity contribution in [3.63, 3.8) is 0 Å². The molecule has 0 fully saturated rings. The summed E-state index contributed by atoms with van der Waals surface area (Å²) in [5.74, 6) is -5.94. The van der Waals surface area contributed by atoms with Crippen molar-refractivity contribution in [2.75, 3.05) is 0 Å². The van der Waals surface area contributed by atoms with Crippen LogP contribution in [0.1, 0.15) is 61.3 Å². The standard InChI is InChI=1S/C28H25F7/c1-2-3-4-5-6-7-16-8-10-19-17(12-16)9-11-20-21(19)15-22(29)25(27(20)32)18-13-23(30)26(24(31)14-18)28(33,34)35/h8,10,12-15H,2-7,9,11H2,1H3. The summed E-state index contributed by atoms with van der Waals surface area (Å²) in [6.45, 7) is 2.16. The predicted molar refractivity (Wildman–Crippen MR) is 122 cm³/mol. The molecule has 4 rings (SSSR count). The minimum absolute atomic E-state index is 0.182. The normalized spacial score (nSPS) is 13.0. The van der Waals surface area contributed by atoms with Gasteiger partial charge in [-0.05, 0) is 77.3 Å². The average Bonchev–Trinajstić information content (AvgIpc) is 2.77. The third-order valence-corrected chi connectivity index (χ3v) is 6.61. The van der Waals surface area contributed by atoms with Gasteiger partial charge in [0.15, 0.2) is 0 Å². The summed E-state index contributed by atoms with van der Waals surface area (Å²) < 4.78 is 97.3. The number of unbranched alkanes of at least 4 members (excludes halogenated alkanes) is 4. The van der Waals surface area contributed by atoms with Crippen molar-refractivity contribution in [2.24, 2.45) is 0 Å². The van der Waals surface area contributed by atoms with Gasteiger partial charge in [-0.25, -0.2) is 17.6 Å². The Labute approximate surface area is 199 Å². The molecule has 1 aliphatic rings. The van der Waals surface area contributed by atoms with Gasteiger partial charge in [-0.1, -0.05) is 50.8 Å². The average molecular weight is 494 g/mol. The molecule has 0 saturated carbocycles. The molecule has 0 saturated heterocycles. The van der Waals surface area contributed by atoms with Crippen LogP contribution < -0.4 is 0 Å². The molecule has 186 valence electrons. The maximum absolute atomic E-state index is 15.4. The van der Waals surface area contributed by atoms with E-state index in [1.807, 2.05) is 12.1 Å². The van der Waals surface area contributed by atoms with Gasteiger partial charge in [0.05, 0.1) is 5.56 Å². The predicted octanol–water partition coefficient (Wildman–Crippen LogP) is 9.21. The van der Waals surface area contributed by atoms with Gasteiger partial charge in [-0.2, -0.15) is 13.2 Å². The number of benzene rings is 3. The molecule has 0 radical (unpaired) electrons. The lowest BCUT2D eigenvalue weighted by molar-refractivity contribution is -0.142. The first-order valence-corrected chi connectivity index (χ1v) is 11.8. The monoisotopic (exact) mass is 494 g/mol.